The van der Waals surface area contributed by atoms with Crippen molar-refractivity contribution in [2.75, 3.05) is 18.0 Å². The van der Waals surface area contributed by atoms with Crippen LogP contribution in [0.2, 0.25) is 0 Å². The smallest absolute Gasteiger partial charge is 0.264 e. The van der Waals surface area contributed by atoms with Crippen LogP contribution in [-0.4, -0.2) is 28.0 Å². The fourth-order valence-electron chi connectivity index (χ4n) is 3.44. The average Bonchev–Trinajstić information content (AvgIpc) is 2.83. The molecule has 0 aromatic heterocycles. The normalized spacial score (nSPS) is 12.1. The number of rotatable bonds is 9. The first kappa shape index (κ1) is 24.3. The number of sulfonamides is 1. The Morgan fingerprint density at radius 1 is 0.970 bits per heavy atom. The van der Waals surface area contributed by atoms with Gasteiger partial charge < -0.3 is 10.1 Å². The standard InChI is InChI=1S/C26H30N2O4S/c1-5-21-8-10-22(11-9-21)20(3)27-26(29)18-28(23-12-14-24(32-4)15-13-23)33(30,31)25-16-6-19(2)7-17-25/h6-17,20H,5,18H2,1-4H3,(H,27,29)/t20-/m0/s1. The molecule has 7 heteroatoms. The highest BCUT2D eigenvalue weighted by atomic mass is 32.2. The summed E-state index contributed by atoms with van der Waals surface area (Å²) in [6.45, 7) is 5.51. The highest BCUT2D eigenvalue weighted by molar-refractivity contribution is 7.92. The SMILES string of the molecule is CCc1ccc([C@H](C)NC(=O)CN(c2ccc(OC)cc2)S(=O)(=O)c2ccc(C)cc2)cc1. The van der Waals surface area contributed by atoms with Crippen LogP contribution in [-0.2, 0) is 21.2 Å². The number of carbonyl (C=O) groups excluding carboxylic acids is 1. The van der Waals surface area contributed by atoms with Crippen LogP contribution in [0.4, 0.5) is 5.69 Å². The van der Waals surface area contributed by atoms with Crippen molar-refractivity contribution in [2.45, 2.75) is 38.1 Å². The number of carbonyl (C=O) groups is 1. The van der Waals surface area contributed by atoms with E-state index in [4.69, 9.17) is 4.74 Å². The van der Waals surface area contributed by atoms with E-state index in [0.717, 1.165) is 21.9 Å². The number of hydrogen-bond donors (Lipinski definition) is 1. The fourth-order valence-corrected chi connectivity index (χ4v) is 4.86. The maximum Gasteiger partial charge on any atom is 0.264 e. The Kier molecular flexibility index (Phi) is 7.76. The molecule has 33 heavy (non-hydrogen) atoms. The molecule has 0 aliphatic carbocycles. The lowest BCUT2D eigenvalue weighted by molar-refractivity contribution is -0.120. The molecule has 3 aromatic rings. The van der Waals surface area contributed by atoms with Crippen LogP contribution in [0, 0.1) is 6.92 Å². The molecular weight excluding hydrogens is 436 g/mol. The zero-order valence-corrected chi connectivity index (χ0v) is 20.2. The van der Waals surface area contributed by atoms with Gasteiger partial charge in [0.15, 0.2) is 0 Å². The molecule has 0 spiro atoms. The lowest BCUT2D eigenvalue weighted by atomic mass is 10.1. The minimum Gasteiger partial charge on any atom is -0.497 e. The van der Waals surface area contributed by atoms with Gasteiger partial charge in [-0.2, -0.15) is 0 Å². The van der Waals surface area contributed by atoms with Crippen molar-refractivity contribution in [3.8, 4) is 5.75 Å². The maximum absolute atomic E-state index is 13.5. The van der Waals surface area contributed by atoms with Crippen LogP contribution in [0.15, 0.2) is 77.7 Å². The Morgan fingerprint density at radius 2 is 1.58 bits per heavy atom. The minimum absolute atomic E-state index is 0.125. The van der Waals surface area contributed by atoms with E-state index < -0.39 is 15.9 Å². The maximum atomic E-state index is 13.5. The van der Waals surface area contributed by atoms with E-state index in [1.807, 2.05) is 38.1 Å². The van der Waals surface area contributed by atoms with E-state index >= 15 is 0 Å². The third-order valence-electron chi connectivity index (χ3n) is 5.52. The second-order valence-electron chi connectivity index (χ2n) is 7.91. The summed E-state index contributed by atoms with van der Waals surface area (Å²) in [4.78, 5) is 13.1. The molecule has 1 N–H and O–H groups in total. The van der Waals surface area contributed by atoms with Crippen LogP contribution in [0.25, 0.3) is 0 Å². The van der Waals surface area contributed by atoms with Crippen LogP contribution in [0.3, 0.4) is 0 Å². The zero-order valence-electron chi connectivity index (χ0n) is 19.4. The molecular formula is C26H30N2O4S. The molecule has 174 valence electrons. The molecule has 3 aromatic carbocycles. The molecule has 0 radical (unpaired) electrons. The van der Waals surface area contributed by atoms with Crippen molar-refractivity contribution in [3.05, 3.63) is 89.5 Å². The fraction of sp³-hybridized carbons (Fsp3) is 0.269. The summed E-state index contributed by atoms with van der Waals surface area (Å²) in [6.07, 6.45) is 0.939. The van der Waals surface area contributed by atoms with Gasteiger partial charge in [0.25, 0.3) is 10.0 Å². The predicted octanol–water partition coefficient (Wildman–Crippen LogP) is 4.64. The molecule has 0 aliphatic heterocycles. The molecule has 0 heterocycles. The highest BCUT2D eigenvalue weighted by Crippen LogP contribution is 2.26. The first-order valence-electron chi connectivity index (χ1n) is 10.9. The molecule has 6 nitrogen and oxygen atoms in total. The number of methoxy groups -OCH3 is 1. The van der Waals surface area contributed by atoms with Crippen LogP contribution >= 0.6 is 0 Å². The van der Waals surface area contributed by atoms with Gasteiger partial charge in [0, 0.05) is 0 Å². The Balaban J connectivity index is 1.86. The number of benzene rings is 3. The molecule has 0 unspecified atom stereocenters. The lowest BCUT2D eigenvalue weighted by Gasteiger charge is -2.25. The number of anilines is 1. The van der Waals surface area contributed by atoms with Gasteiger partial charge in [0.1, 0.15) is 12.3 Å². The zero-order chi connectivity index (χ0) is 24.0. The Morgan fingerprint density at radius 3 is 2.12 bits per heavy atom. The van der Waals surface area contributed by atoms with Gasteiger partial charge in [-0.25, -0.2) is 8.42 Å². The summed E-state index contributed by atoms with van der Waals surface area (Å²) in [5.41, 5.74) is 3.50. The van der Waals surface area contributed by atoms with Gasteiger partial charge in [0.2, 0.25) is 5.91 Å². The monoisotopic (exact) mass is 466 g/mol. The molecule has 1 atom stereocenters. The van der Waals surface area contributed by atoms with Crippen LogP contribution in [0.1, 0.15) is 36.6 Å². The molecule has 0 aliphatic rings. The Bertz CT molecular complexity index is 1170. The van der Waals surface area contributed by atoms with Gasteiger partial charge in [-0.05, 0) is 67.8 Å². The van der Waals surface area contributed by atoms with Crippen molar-refractivity contribution >= 4 is 21.6 Å². The van der Waals surface area contributed by atoms with E-state index in [0.29, 0.717) is 11.4 Å². The number of nitrogens with one attached hydrogen (secondary N) is 1. The van der Waals surface area contributed by atoms with Gasteiger partial charge in [0.05, 0.1) is 23.7 Å². The van der Waals surface area contributed by atoms with E-state index in [2.05, 4.69) is 12.2 Å². The van der Waals surface area contributed by atoms with E-state index in [9.17, 15) is 13.2 Å². The van der Waals surface area contributed by atoms with Crippen LogP contribution in [0.5, 0.6) is 5.75 Å². The summed E-state index contributed by atoms with van der Waals surface area (Å²) < 4.78 is 33.3. The average molecular weight is 467 g/mol. The van der Waals surface area contributed by atoms with Crippen molar-refractivity contribution in [1.82, 2.24) is 5.32 Å². The first-order chi connectivity index (χ1) is 15.7. The highest BCUT2D eigenvalue weighted by Gasteiger charge is 2.27. The predicted molar refractivity (Wildman–Crippen MR) is 131 cm³/mol. The number of nitrogens with zero attached hydrogens (tertiary/aromatic N) is 1. The Labute approximate surface area is 196 Å². The molecule has 1 amide bonds. The second kappa shape index (κ2) is 10.5. The molecule has 0 fully saturated rings. The second-order valence-corrected chi connectivity index (χ2v) is 9.77. The third-order valence-corrected chi connectivity index (χ3v) is 7.31. The van der Waals surface area contributed by atoms with Gasteiger partial charge in [-0.15, -0.1) is 0 Å². The number of amides is 1. The van der Waals surface area contributed by atoms with Crippen molar-refractivity contribution in [1.29, 1.82) is 0 Å². The van der Waals surface area contributed by atoms with Gasteiger partial charge >= 0.3 is 0 Å². The van der Waals surface area contributed by atoms with Crippen molar-refractivity contribution < 1.29 is 17.9 Å². The molecule has 0 saturated heterocycles. The third kappa shape index (κ3) is 5.93. The van der Waals surface area contributed by atoms with Crippen molar-refractivity contribution in [3.63, 3.8) is 0 Å². The summed E-state index contributed by atoms with van der Waals surface area (Å²) in [5.74, 6) is 0.202. The topological polar surface area (TPSA) is 75.7 Å². The minimum atomic E-state index is -3.96. The molecule has 3 rings (SSSR count). The summed E-state index contributed by atoms with van der Waals surface area (Å²) in [5, 5.41) is 2.92. The molecule has 0 saturated carbocycles. The number of ether oxygens (including phenoxy) is 1. The summed E-state index contributed by atoms with van der Waals surface area (Å²) in [7, 11) is -2.42. The van der Waals surface area contributed by atoms with E-state index in [-0.39, 0.29) is 17.5 Å². The van der Waals surface area contributed by atoms with Gasteiger partial charge in [-0.3, -0.25) is 9.10 Å². The van der Waals surface area contributed by atoms with Crippen LogP contribution < -0.4 is 14.4 Å². The lowest BCUT2D eigenvalue weighted by Crippen LogP contribution is -2.41. The Hall–Kier alpha value is -3.32. The quantitative estimate of drug-likeness (QED) is 0.499. The first-order valence-corrected chi connectivity index (χ1v) is 12.3. The van der Waals surface area contributed by atoms with E-state index in [1.54, 1.807) is 48.5 Å². The van der Waals surface area contributed by atoms with E-state index in [1.165, 1.54) is 12.7 Å². The summed E-state index contributed by atoms with van der Waals surface area (Å²) >= 11 is 0. The number of hydrogen-bond acceptors (Lipinski definition) is 4. The van der Waals surface area contributed by atoms with Crippen molar-refractivity contribution in [2.24, 2.45) is 0 Å². The summed E-state index contributed by atoms with van der Waals surface area (Å²) in [6, 6.07) is 20.9. The number of aryl methyl sites for hydroxylation is 2. The van der Waals surface area contributed by atoms with Gasteiger partial charge in [-0.1, -0.05) is 48.9 Å². The largest absolute Gasteiger partial charge is 0.497 e. The molecule has 0 bridgehead atoms.